The standard InChI is InChI=1S/C28H31N3O3/c1-5-34-27(32)14-20-16-30-26(15-23(20)19-12-13-19)28(33)31-25-11-7-9-22(18(25)3)21-8-6-10-24(29-4)17(21)2/h6-11,15-16,19,29H,5,12-14H2,1-4H3,(H,31,33). The molecule has 0 saturated heterocycles. The number of benzene rings is 2. The summed E-state index contributed by atoms with van der Waals surface area (Å²) in [5.74, 6) is -0.148. The molecule has 0 spiro atoms. The fourth-order valence-corrected chi connectivity index (χ4v) is 4.36. The highest BCUT2D eigenvalue weighted by Crippen LogP contribution is 2.42. The Kier molecular flexibility index (Phi) is 6.96. The molecule has 34 heavy (non-hydrogen) atoms. The van der Waals surface area contributed by atoms with E-state index in [4.69, 9.17) is 4.74 Å². The molecular formula is C28H31N3O3. The van der Waals surface area contributed by atoms with Gasteiger partial charge in [0, 0.05) is 24.6 Å². The van der Waals surface area contributed by atoms with E-state index in [1.165, 1.54) is 0 Å². The van der Waals surface area contributed by atoms with Crippen molar-refractivity contribution in [2.75, 3.05) is 24.3 Å². The molecular weight excluding hydrogens is 426 g/mol. The molecule has 2 N–H and O–H groups in total. The van der Waals surface area contributed by atoms with Crippen molar-refractivity contribution in [3.05, 3.63) is 76.6 Å². The van der Waals surface area contributed by atoms with Crippen LogP contribution >= 0.6 is 0 Å². The number of hydrogen-bond donors (Lipinski definition) is 2. The summed E-state index contributed by atoms with van der Waals surface area (Å²) in [5, 5.41) is 6.27. The number of rotatable bonds is 8. The van der Waals surface area contributed by atoms with E-state index < -0.39 is 0 Å². The number of pyridine rings is 1. The number of carbonyl (C=O) groups excluding carboxylic acids is 2. The Morgan fingerprint density at radius 1 is 1.03 bits per heavy atom. The number of ether oxygens (including phenoxy) is 1. The van der Waals surface area contributed by atoms with E-state index in [2.05, 4.69) is 40.7 Å². The van der Waals surface area contributed by atoms with Gasteiger partial charge in [-0.25, -0.2) is 0 Å². The van der Waals surface area contributed by atoms with Crippen molar-refractivity contribution in [1.29, 1.82) is 0 Å². The molecule has 176 valence electrons. The third kappa shape index (κ3) is 4.96. The summed E-state index contributed by atoms with van der Waals surface area (Å²) in [4.78, 5) is 29.5. The molecule has 0 atom stereocenters. The first kappa shape index (κ1) is 23.5. The maximum absolute atomic E-state index is 13.1. The second-order valence-electron chi connectivity index (χ2n) is 8.68. The number of aromatic nitrogens is 1. The Bertz CT molecular complexity index is 1230. The highest BCUT2D eigenvalue weighted by Gasteiger charge is 2.28. The second-order valence-corrected chi connectivity index (χ2v) is 8.68. The van der Waals surface area contributed by atoms with Crippen LogP contribution in [0.3, 0.4) is 0 Å². The fourth-order valence-electron chi connectivity index (χ4n) is 4.36. The molecule has 4 rings (SSSR count). The lowest BCUT2D eigenvalue weighted by Crippen LogP contribution is -2.16. The highest BCUT2D eigenvalue weighted by atomic mass is 16.5. The van der Waals surface area contributed by atoms with Gasteiger partial charge in [-0.1, -0.05) is 24.3 Å². The van der Waals surface area contributed by atoms with E-state index in [1.807, 2.05) is 38.2 Å². The first-order chi connectivity index (χ1) is 16.4. The molecule has 1 aliphatic rings. The molecule has 1 fully saturated rings. The molecule has 0 radical (unpaired) electrons. The topological polar surface area (TPSA) is 80.3 Å². The Hall–Kier alpha value is -3.67. The van der Waals surface area contributed by atoms with Gasteiger partial charge >= 0.3 is 5.97 Å². The van der Waals surface area contributed by atoms with Crippen LogP contribution in [-0.4, -0.2) is 30.5 Å². The lowest BCUT2D eigenvalue weighted by atomic mass is 9.94. The maximum Gasteiger partial charge on any atom is 0.310 e. The smallest absolute Gasteiger partial charge is 0.310 e. The molecule has 1 saturated carbocycles. The number of nitrogens with zero attached hydrogens (tertiary/aromatic N) is 1. The zero-order chi connectivity index (χ0) is 24.2. The van der Waals surface area contributed by atoms with Crippen LogP contribution in [0.25, 0.3) is 11.1 Å². The van der Waals surface area contributed by atoms with Crippen molar-refractivity contribution in [2.24, 2.45) is 0 Å². The number of nitrogens with one attached hydrogen (secondary N) is 2. The zero-order valence-corrected chi connectivity index (χ0v) is 20.2. The first-order valence-electron chi connectivity index (χ1n) is 11.8. The Labute approximate surface area is 200 Å². The van der Waals surface area contributed by atoms with Gasteiger partial charge in [-0.3, -0.25) is 14.6 Å². The molecule has 6 nitrogen and oxygen atoms in total. The van der Waals surface area contributed by atoms with E-state index in [1.54, 1.807) is 13.1 Å². The van der Waals surface area contributed by atoms with Gasteiger partial charge in [0.25, 0.3) is 5.91 Å². The Morgan fingerprint density at radius 2 is 1.68 bits per heavy atom. The first-order valence-corrected chi connectivity index (χ1v) is 11.8. The number of amides is 1. The monoisotopic (exact) mass is 457 g/mol. The highest BCUT2D eigenvalue weighted by molar-refractivity contribution is 6.04. The molecule has 0 unspecified atom stereocenters. The lowest BCUT2D eigenvalue weighted by Gasteiger charge is -2.16. The van der Waals surface area contributed by atoms with Crippen LogP contribution in [0.1, 0.15) is 58.4 Å². The number of hydrogen-bond acceptors (Lipinski definition) is 5. The molecule has 2 aromatic carbocycles. The predicted octanol–water partition coefficient (Wildman–Crippen LogP) is 5.64. The second kappa shape index (κ2) is 10.1. The predicted molar refractivity (Wildman–Crippen MR) is 135 cm³/mol. The number of esters is 1. The van der Waals surface area contributed by atoms with Gasteiger partial charge < -0.3 is 15.4 Å². The van der Waals surface area contributed by atoms with Gasteiger partial charge in [-0.15, -0.1) is 0 Å². The molecule has 0 bridgehead atoms. The summed E-state index contributed by atoms with van der Waals surface area (Å²) in [6.07, 6.45) is 3.95. The quantitative estimate of drug-likeness (QED) is 0.428. The lowest BCUT2D eigenvalue weighted by molar-refractivity contribution is -0.142. The Balaban J connectivity index is 1.59. The normalized spacial score (nSPS) is 12.8. The van der Waals surface area contributed by atoms with Crippen LogP contribution in [0.15, 0.2) is 48.7 Å². The average Bonchev–Trinajstić information content (AvgIpc) is 3.66. The van der Waals surface area contributed by atoms with E-state index in [0.717, 1.165) is 57.6 Å². The number of anilines is 2. The van der Waals surface area contributed by atoms with Crippen LogP contribution < -0.4 is 10.6 Å². The van der Waals surface area contributed by atoms with Crippen molar-refractivity contribution in [3.8, 4) is 11.1 Å². The van der Waals surface area contributed by atoms with Gasteiger partial charge in [-0.05, 0) is 91.1 Å². The minimum absolute atomic E-state index is 0.181. The molecule has 6 heteroatoms. The molecule has 1 heterocycles. The summed E-state index contributed by atoms with van der Waals surface area (Å²) >= 11 is 0. The summed E-state index contributed by atoms with van der Waals surface area (Å²) in [6, 6.07) is 13.9. The van der Waals surface area contributed by atoms with Gasteiger partial charge in [0.2, 0.25) is 0 Å². The van der Waals surface area contributed by atoms with Gasteiger partial charge in [0.15, 0.2) is 0 Å². The number of carbonyl (C=O) groups is 2. The van der Waals surface area contributed by atoms with Crippen LogP contribution in [-0.2, 0) is 16.0 Å². The molecule has 0 aliphatic heterocycles. The largest absolute Gasteiger partial charge is 0.466 e. The van der Waals surface area contributed by atoms with Crippen molar-refractivity contribution in [2.45, 2.75) is 46.0 Å². The Morgan fingerprint density at radius 3 is 2.29 bits per heavy atom. The van der Waals surface area contributed by atoms with E-state index in [-0.39, 0.29) is 18.3 Å². The molecule has 1 aromatic heterocycles. The summed E-state index contributed by atoms with van der Waals surface area (Å²) in [6.45, 7) is 6.25. The third-order valence-electron chi connectivity index (χ3n) is 6.39. The van der Waals surface area contributed by atoms with Crippen molar-refractivity contribution in [1.82, 2.24) is 4.98 Å². The van der Waals surface area contributed by atoms with Crippen molar-refractivity contribution in [3.63, 3.8) is 0 Å². The van der Waals surface area contributed by atoms with Crippen LogP contribution in [0.4, 0.5) is 11.4 Å². The van der Waals surface area contributed by atoms with Crippen LogP contribution in [0.2, 0.25) is 0 Å². The van der Waals surface area contributed by atoms with Gasteiger partial charge in [0.1, 0.15) is 5.69 Å². The van der Waals surface area contributed by atoms with Gasteiger partial charge in [0.05, 0.1) is 13.0 Å². The molecule has 3 aromatic rings. The SMILES string of the molecule is CCOC(=O)Cc1cnc(C(=O)Nc2cccc(-c3cccc(NC)c3C)c2C)cc1C1CC1. The average molecular weight is 458 g/mol. The van der Waals surface area contributed by atoms with Crippen LogP contribution in [0.5, 0.6) is 0 Å². The molecule has 1 aliphatic carbocycles. The van der Waals surface area contributed by atoms with E-state index >= 15 is 0 Å². The summed E-state index contributed by atoms with van der Waals surface area (Å²) in [5.41, 5.74) is 8.40. The minimum atomic E-state index is -0.270. The fraction of sp³-hybridized carbons (Fsp3) is 0.321. The van der Waals surface area contributed by atoms with E-state index in [9.17, 15) is 9.59 Å². The summed E-state index contributed by atoms with van der Waals surface area (Å²) < 4.78 is 5.09. The van der Waals surface area contributed by atoms with Crippen molar-refractivity contribution < 1.29 is 14.3 Å². The van der Waals surface area contributed by atoms with Gasteiger partial charge in [-0.2, -0.15) is 0 Å². The third-order valence-corrected chi connectivity index (χ3v) is 6.39. The minimum Gasteiger partial charge on any atom is -0.466 e. The summed E-state index contributed by atoms with van der Waals surface area (Å²) in [7, 11) is 1.91. The zero-order valence-electron chi connectivity index (χ0n) is 20.2. The molecule has 1 amide bonds. The van der Waals surface area contributed by atoms with E-state index in [0.29, 0.717) is 18.2 Å². The van der Waals surface area contributed by atoms with Crippen LogP contribution in [0, 0.1) is 13.8 Å². The maximum atomic E-state index is 13.1. The van der Waals surface area contributed by atoms with Crippen molar-refractivity contribution >= 4 is 23.3 Å².